The molecule has 1 amide bonds. The minimum Gasteiger partial charge on any atom is -0.322 e. The summed E-state index contributed by atoms with van der Waals surface area (Å²) in [5, 5.41) is 5.82. The van der Waals surface area contributed by atoms with Gasteiger partial charge in [-0.15, -0.1) is 0 Å². The Morgan fingerprint density at radius 3 is 2.35 bits per heavy atom. The summed E-state index contributed by atoms with van der Waals surface area (Å²) in [6.45, 7) is 2.05. The zero-order valence-electron chi connectivity index (χ0n) is 11.5. The van der Waals surface area contributed by atoms with Crippen LogP contribution in [0.5, 0.6) is 0 Å². The molecule has 0 saturated heterocycles. The summed E-state index contributed by atoms with van der Waals surface area (Å²) in [6.07, 6.45) is 0. The molecular weight excluding hydrogens is 255 g/mol. The molecule has 0 spiro atoms. The summed E-state index contributed by atoms with van der Waals surface area (Å²) in [6, 6.07) is 13.6. The van der Waals surface area contributed by atoms with Gasteiger partial charge in [0, 0.05) is 11.7 Å². The molecule has 1 unspecified atom stereocenters. The minimum absolute atomic E-state index is 0.0418. The molecule has 0 aliphatic rings. The van der Waals surface area contributed by atoms with Crippen molar-refractivity contribution in [2.75, 3.05) is 12.4 Å². The first-order valence-electron chi connectivity index (χ1n) is 6.45. The lowest BCUT2D eigenvalue weighted by atomic mass is 10.1. The van der Waals surface area contributed by atoms with Crippen LogP contribution >= 0.6 is 0 Å². The van der Waals surface area contributed by atoms with Gasteiger partial charge in [0.05, 0.1) is 5.56 Å². The fourth-order valence-electron chi connectivity index (χ4n) is 1.87. The number of nitrogens with one attached hydrogen (secondary N) is 2. The van der Waals surface area contributed by atoms with Crippen LogP contribution < -0.4 is 10.6 Å². The first-order chi connectivity index (χ1) is 9.61. The molecule has 2 N–H and O–H groups in total. The summed E-state index contributed by atoms with van der Waals surface area (Å²) in [4.78, 5) is 11.9. The monoisotopic (exact) mass is 272 g/mol. The van der Waals surface area contributed by atoms with Gasteiger partial charge in [0.25, 0.3) is 5.91 Å². The molecule has 0 heterocycles. The van der Waals surface area contributed by atoms with Crippen molar-refractivity contribution in [2.45, 2.75) is 13.0 Å². The minimum atomic E-state index is -0.523. The zero-order valence-corrected chi connectivity index (χ0v) is 11.5. The number of hydrogen-bond donors (Lipinski definition) is 2. The predicted molar refractivity (Wildman–Crippen MR) is 78.3 cm³/mol. The topological polar surface area (TPSA) is 41.1 Å². The lowest BCUT2D eigenvalue weighted by Crippen LogP contribution is -2.14. The van der Waals surface area contributed by atoms with Crippen LogP contribution in [-0.4, -0.2) is 13.0 Å². The Balaban J connectivity index is 2.11. The maximum Gasteiger partial charge on any atom is 0.258 e. The third-order valence-electron chi connectivity index (χ3n) is 3.22. The van der Waals surface area contributed by atoms with Gasteiger partial charge < -0.3 is 10.6 Å². The smallest absolute Gasteiger partial charge is 0.258 e. The first-order valence-corrected chi connectivity index (χ1v) is 6.45. The van der Waals surface area contributed by atoms with E-state index in [1.807, 2.05) is 38.2 Å². The third-order valence-corrected chi connectivity index (χ3v) is 3.22. The summed E-state index contributed by atoms with van der Waals surface area (Å²) < 4.78 is 13.5. The van der Waals surface area contributed by atoms with E-state index in [1.165, 1.54) is 12.1 Å². The van der Waals surface area contributed by atoms with Crippen molar-refractivity contribution in [1.82, 2.24) is 5.32 Å². The van der Waals surface area contributed by atoms with Crippen LogP contribution in [0.2, 0.25) is 0 Å². The van der Waals surface area contributed by atoms with Crippen molar-refractivity contribution in [2.24, 2.45) is 0 Å². The highest BCUT2D eigenvalue weighted by Gasteiger charge is 2.11. The number of rotatable bonds is 4. The Hall–Kier alpha value is -2.20. The highest BCUT2D eigenvalue weighted by Crippen LogP contribution is 2.17. The van der Waals surface area contributed by atoms with Gasteiger partial charge in [0.1, 0.15) is 5.82 Å². The van der Waals surface area contributed by atoms with Gasteiger partial charge in [-0.2, -0.15) is 0 Å². The van der Waals surface area contributed by atoms with Crippen LogP contribution in [0, 0.1) is 5.82 Å². The average molecular weight is 272 g/mol. The summed E-state index contributed by atoms with van der Waals surface area (Å²) in [5.74, 6) is -0.969. The molecular formula is C16H17FN2O. The van der Waals surface area contributed by atoms with Crippen molar-refractivity contribution in [3.05, 3.63) is 65.5 Å². The van der Waals surface area contributed by atoms with E-state index in [4.69, 9.17) is 0 Å². The third kappa shape index (κ3) is 3.22. The van der Waals surface area contributed by atoms with Gasteiger partial charge in [0.2, 0.25) is 0 Å². The highest BCUT2D eigenvalue weighted by atomic mass is 19.1. The predicted octanol–water partition coefficient (Wildman–Crippen LogP) is 3.36. The number of anilines is 1. The van der Waals surface area contributed by atoms with E-state index in [2.05, 4.69) is 10.6 Å². The van der Waals surface area contributed by atoms with Crippen LogP contribution in [0.3, 0.4) is 0 Å². The van der Waals surface area contributed by atoms with E-state index in [1.54, 1.807) is 12.1 Å². The standard InChI is InChI=1S/C16H17FN2O/c1-11(18-2)12-7-9-13(10-8-12)19-16(20)14-5-3-4-6-15(14)17/h3-11,18H,1-2H3,(H,19,20). The molecule has 0 aliphatic heterocycles. The van der Waals surface area contributed by atoms with E-state index in [-0.39, 0.29) is 11.6 Å². The Morgan fingerprint density at radius 1 is 1.10 bits per heavy atom. The quantitative estimate of drug-likeness (QED) is 0.896. The molecule has 20 heavy (non-hydrogen) atoms. The van der Waals surface area contributed by atoms with Crippen molar-refractivity contribution in [3.63, 3.8) is 0 Å². The second-order valence-corrected chi connectivity index (χ2v) is 4.57. The molecule has 104 valence electrons. The molecule has 0 saturated carbocycles. The van der Waals surface area contributed by atoms with E-state index >= 15 is 0 Å². The van der Waals surface area contributed by atoms with Crippen molar-refractivity contribution >= 4 is 11.6 Å². The second kappa shape index (κ2) is 6.30. The van der Waals surface area contributed by atoms with Crippen LogP contribution in [0.25, 0.3) is 0 Å². The number of hydrogen-bond acceptors (Lipinski definition) is 2. The molecule has 0 aromatic heterocycles. The molecule has 2 rings (SSSR count). The number of amides is 1. The van der Waals surface area contributed by atoms with E-state index in [0.29, 0.717) is 5.69 Å². The van der Waals surface area contributed by atoms with Crippen molar-refractivity contribution in [1.29, 1.82) is 0 Å². The van der Waals surface area contributed by atoms with Crippen molar-refractivity contribution < 1.29 is 9.18 Å². The number of carbonyl (C=O) groups is 1. The summed E-state index contributed by atoms with van der Waals surface area (Å²) >= 11 is 0. The van der Waals surface area contributed by atoms with E-state index in [0.717, 1.165) is 5.56 Å². The Labute approximate surface area is 117 Å². The van der Waals surface area contributed by atoms with Crippen LogP contribution in [0.4, 0.5) is 10.1 Å². The average Bonchev–Trinajstić information content (AvgIpc) is 2.47. The van der Waals surface area contributed by atoms with E-state index in [9.17, 15) is 9.18 Å². The SMILES string of the molecule is CNC(C)c1ccc(NC(=O)c2ccccc2F)cc1. The normalized spacial score (nSPS) is 11.9. The van der Waals surface area contributed by atoms with Gasteiger partial charge in [-0.1, -0.05) is 24.3 Å². The largest absolute Gasteiger partial charge is 0.322 e. The van der Waals surface area contributed by atoms with Crippen LogP contribution in [-0.2, 0) is 0 Å². The lowest BCUT2D eigenvalue weighted by molar-refractivity contribution is 0.102. The molecule has 0 aliphatic carbocycles. The zero-order chi connectivity index (χ0) is 14.5. The van der Waals surface area contributed by atoms with Crippen molar-refractivity contribution in [3.8, 4) is 0 Å². The van der Waals surface area contributed by atoms with E-state index < -0.39 is 11.7 Å². The maximum absolute atomic E-state index is 13.5. The summed E-state index contributed by atoms with van der Waals surface area (Å²) in [7, 11) is 1.89. The second-order valence-electron chi connectivity index (χ2n) is 4.57. The van der Waals surface area contributed by atoms with Gasteiger partial charge in [0.15, 0.2) is 0 Å². The number of halogens is 1. The molecule has 1 atom stereocenters. The Bertz CT molecular complexity index is 596. The maximum atomic E-state index is 13.5. The van der Waals surface area contributed by atoms with Gasteiger partial charge >= 0.3 is 0 Å². The molecule has 4 heteroatoms. The first kappa shape index (κ1) is 14.2. The fraction of sp³-hybridized carbons (Fsp3) is 0.188. The molecule has 2 aromatic rings. The molecule has 0 fully saturated rings. The Kier molecular flexibility index (Phi) is 4.48. The lowest BCUT2D eigenvalue weighted by Gasteiger charge is -2.11. The van der Waals surface area contributed by atoms with Crippen LogP contribution in [0.1, 0.15) is 28.9 Å². The molecule has 3 nitrogen and oxygen atoms in total. The highest BCUT2D eigenvalue weighted by molar-refractivity contribution is 6.04. The number of carbonyl (C=O) groups excluding carboxylic acids is 1. The van der Waals surface area contributed by atoms with Gasteiger partial charge in [-0.3, -0.25) is 4.79 Å². The number of benzene rings is 2. The van der Waals surface area contributed by atoms with Gasteiger partial charge in [-0.25, -0.2) is 4.39 Å². The fourth-order valence-corrected chi connectivity index (χ4v) is 1.87. The van der Waals surface area contributed by atoms with Crippen LogP contribution in [0.15, 0.2) is 48.5 Å². The van der Waals surface area contributed by atoms with Gasteiger partial charge in [-0.05, 0) is 43.8 Å². The summed E-state index contributed by atoms with van der Waals surface area (Å²) in [5.41, 5.74) is 1.81. The molecule has 0 radical (unpaired) electrons. The molecule has 2 aromatic carbocycles. The molecule has 0 bridgehead atoms. The Morgan fingerprint density at radius 2 is 1.75 bits per heavy atom.